The van der Waals surface area contributed by atoms with Gasteiger partial charge in [-0.3, -0.25) is 9.98 Å². The first-order valence-electron chi connectivity index (χ1n) is 9.11. The molecule has 2 saturated carbocycles. The lowest BCUT2D eigenvalue weighted by Crippen LogP contribution is -2.42. The Bertz CT molecular complexity index is 1050. The number of benzene rings is 1. The van der Waals surface area contributed by atoms with Crippen LogP contribution in [0.15, 0.2) is 34.7 Å². The summed E-state index contributed by atoms with van der Waals surface area (Å²) in [7, 11) is -4.11. The van der Waals surface area contributed by atoms with Crippen LogP contribution in [-0.4, -0.2) is 29.4 Å². The number of hydrogen-bond donors (Lipinski definition) is 2. The average Bonchev–Trinajstić information content (AvgIpc) is 3.22. The van der Waals surface area contributed by atoms with Gasteiger partial charge in [0.2, 0.25) is 5.13 Å². The Labute approximate surface area is 173 Å². The van der Waals surface area contributed by atoms with Crippen LogP contribution >= 0.6 is 22.9 Å². The monoisotopic (exact) mass is 439 g/mol. The first-order valence-corrected chi connectivity index (χ1v) is 12.0. The van der Waals surface area contributed by atoms with Crippen LogP contribution in [0.5, 0.6) is 0 Å². The topological polar surface area (TPSA) is 91.7 Å². The van der Waals surface area contributed by atoms with Crippen molar-refractivity contribution < 1.29 is 13.0 Å². The Morgan fingerprint density at radius 2 is 2.14 bits per heavy atom. The van der Waals surface area contributed by atoms with E-state index in [1.807, 2.05) is 29.6 Å². The Hall–Kier alpha value is -1.48. The van der Waals surface area contributed by atoms with Crippen LogP contribution in [0.2, 0.25) is 5.02 Å². The molecule has 6 nitrogen and oxygen atoms in total. The van der Waals surface area contributed by atoms with Crippen LogP contribution in [-0.2, 0) is 10.1 Å². The summed E-state index contributed by atoms with van der Waals surface area (Å²) in [5, 5.41) is 7.72. The number of hydrogen-bond acceptors (Lipinski definition) is 6. The van der Waals surface area contributed by atoms with E-state index in [1.165, 1.54) is 11.3 Å². The van der Waals surface area contributed by atoms with E-state index in [4.69, 9.17) is 11.6 Å². The SMILES string of the molecule is CC1(C)C2CCC1(CS(=O)(=O)O)C(=NNc1nc(-c3ccccc3Cl)cs1)C2. The minimum atomic E-state index is -4.11. The number of halogens is 1. The summed E-state index contributed by atoms with van der Waals surface area (Å²) < 4.78 is 33.0. The fraction of sp³-hybridized carbons (Fsp3) is 0.474. The standard InChI is InChI=1S/C19H22ClN3O3S2/c1-18(2)12-7-8-19(18,11-28(24,25)26)16(9-12)22-23-17-21-15(10-27-17)13-5-3-4-6-14(13)20/h3-6,10,12H,7-9,11H2,1-2H3,(H,21,23)(H,24,25,26). The molecular weight excluding hydrogens is 418 g/mol. The number of fused-ring (bicyclic) bond motifs is 2. The second-order valence-electron chi connectivity index (χ2n) is 8.16. The third-order valence-electron chi connectivity index (χ3n) is 6.54. The molecule has 1 aromatic heterocycles. The molecule has 2 unspecified atom stereocenters. The molecule has 2 bridgehead atoms. The van der Waals surface area contributed by atoms with Crippen molar-refractivity contribution in [2.45, 2.75) is 33.1 Å². The number of nitrogens with one attached hydrogen (secondary N) is 1. The van der Waals surface area contributed by atoms with Crippen LogP contribution < -0.4 is 5.43 Å². The van der Waals surface area contributed by atoms with E-state index in [9.17, 15) is 13.0 Å². The van der Waals surface area contributed by atoms with Gasteiger partial charge in [0.1, 0.15) is 0 Å². The molecule has 0 saturated heterocycles. The summed E-state index contributed by atoms with van der Waals surface area (Å²) in [6.45, 7) is 4.16. The summed E-state index contributed by atoms with van der Waals surface area (Å²) in [6, 6.07) is 7.51. The highest BCUT2D eigenvalue weighted by atomic mass is 35.5. The molecule has 2 aromatic rings. The Morgan fingerprint density at radius 1 is 1.39 bits per heavy atom. The van der Waals surface area contributed by atoms with E-state index in [1.54, 1.807) is 0 Å². The third kappa shape index (κ3) is 3.26. The van der Waals surface area contributed by atoms with Crippen LogP contribution in [0.4, 0.5) is 5.13 Å². The Balaban J connectivity index is 1.61. The highest BCUT2D eigenvalue weighted by molar-refractivity contribution is 7.85. The molecule has 0 spiro atoms. The smallest absolute Gasteiger partial charge is 0.265 e. The number of aromatic nitrogens is 1. The van der Waals surface area contributed by atoms with E-state index < -0.39 is 15.5 Å². The zero-order valence-corrected chi connectivity index (χ0v) is 18.0. The number of hydrazone groups is 1. The molecule has 2 aliphatic rings. The van der Waals surface area contributed by atoms with E-state index in [0.717, 1.165) is 29.8 Å². The lowest BCUT2D eigenvalue weighted by atomic mass is 9.70. The molecule has 2 fully saturated rings. The zero-order chi connectivity index (χ0) is 20.2. The molecule has 28 heavy (non-hydrogen) atoms. The van der Waals surface area contributed by atoms with Crippen molar-refractivity contribution in [1.29, 1.82) is 0 Å². The van der Waals surface area contributed by atoms with Crippen molar-refractivity contribution >= 4 is 43.9 Å². The first-order chi connectivity index (χ1) is 13.1. The van der Waals surface area contributed by atoms with Crippen LogP contribution in [0.1, 0.15) is 33.1 Å². The number of rotatable bonds is 5. The molecule has 150 valence electrons. The normalized spacial score (nSPS) is 27.4. The number of thiazole rings is 1. The summed E-state index contributed by atoms with van der Waals surface area (Å²) in [4.78, 5) is 4.55. The van der Waals surface area contributed by atoms with Crippen molar-refractivity contribution in [3.05, 3.63) is 34.7 Å². The molecular formula is C19H22ClN3O3S2. The second kappa shape index (κ2) is 6.79. The summed E-state index contributed by atoms with van der Waals surface area (Å²) >= 11 is 7.65. The fourth-order valence-electron chi connectivity index (χ4n) is 4.84. The van der Waals surface area contributed by atoms with Crippen molar-refractivity contribution in [2.24, 2.45) is 21.8 Å². The predicted molar refractivity (Wildman–Crippen MR) is 114 cm³/mol. The highest BCUT2D eigenvalue weighted by Crippen LogP contribution is 2.64. The number of nitrogens with zero attached hydrogens (tertiary/aromatic N) is 2. The van der Waals surface area contributed by atoms with E-state index in [0.29, 0.717) is 22.5 Å². The summed E-state index contributed by atoms with van der Waals surface area (Å²) in [5.74, 6) is 0.0806. The molecule has 2 aliphatic carbocycles. The van der Waals surface area contributed by atoms with Gasteiger partial charge in [0, 0.05) is 27.1 Å². The fourth-order valence-corrected chi connectivity index (χ4v) is 7.03. The molecule has 0 radical (unpaired) electrons. The van der Waals surface area contributed by atoms with Crippen molar-refractivity contribution in [2.75, 3.05) is 11.2 Å². The first kappa shape index (κ1) is 19.8. The molecule has 1 heterocycles. The van der Waals surface area contributed by atoms with Crippen molar-refractivity contribution in [1.82, 2.24) is 4.98 Å². The zero-order valence-electron chi connectivity index (χ0n) is 15.6. The van der Waals surface area contributed by atoms with Crippen molar-refractivity contribution in [3.8, 4) is 11.3 Å². The Kier molecular flexibility index (Phi) is 4.81. The summed E-state index contributed by atoms with van der Waals surface area (Å²) in [6.07, 6.45) is 2.40. The molecule has 2 N–H and O–H groups in total. The summed E-state index contributed by atoms with van der Waals surface area (Å²) in [5.41, 5.74) is 4.56. The van der Waals surface area contributed by atoms with Crippen LogP contribution in [0.25, 0.3) is 11.3 Å². The lowest BCUT2D eigenvalue weighted by Gasteiger charge is -2.37. The third-order valence-corrected chi connectivity index (χ3v) is 8.47. The van der Waals surface area contributed by atoms with E-state index in [-0.39, 0.29) is 11.2 Å². The van der Waals surface area contributed by atoms with Gasteiger partial charge in [-0.2, -0.15) is 13.5 Å². The van der Waals surface area contributed by atoms with Crippen molar-refractivity contribution in [3.63, 3.8) is 0 Å². The highest BCUT2D eigenvalue weighted by Gasteiger charge is 2.64. The predicted octanol–water partition coefficient (Wildman–Crippen LogP) is 4.95. The lowest BCUT2D eigenvalue weighted by molar-refractivity contribution is 0.193. The minimum absolute atomic E-state index is 0.227. The number of anilines is 1. The van der Waals surface area contributed by atoms with Gasteiger partial charge in [0.05, 0.1) is 11.4 Å². The van der Waals surface area contributed by atoms with Gasteiger partial charge in [-0.05, 0) is 36.7 Å². The quantitative estimate of drug-likeness (QED) is 0.508. The van der Waals surface area contributed by atoms with Gasteiger partial charge in [-0.1, -0.05) is 43.6 Å². The maximum Gasteiger partial charge on any atom is 0.265 e. The van der Waals surface area contributed by atoms with Gasteiger partial charge in [0.25, 0.3) is 10.1 Å². The maximum atomic E-state index is 11.7. The van der Waals surface area contributed by atoms with E-state index >= 15 is 0 Å². The molecule has 0 aliphatic heterocycles. The molecule has 4 rings (SSSR count). The van der Waals surface area contributed by atoms with Gasteiger partial charge in [-0.25, -0.2) is 4.98 Å². The molecule has 2 atom stereocenters. The second-order valence-corrected chi connectivity index (χ2v) is 10.9. The van der Waals surface area contributed by atoms with Gasteiger partial charge < -0.3 is 0 Å². The van der Waals surface area contributed by atoms with Crippen LogP contribution in [0.3, 0.4) is 0 Å². The van der Waals surface area contributed by atoms with Gasteiger partial charge in [-0.15, -0.1) is 11.3 Å². The average molecular weight is 440 g/mol. The van der Waals surface area contributed by atoms with Crippen LogP contribution in [0, 0.1) is 16.7 Å². The van der Waals surface area contributed by atoms with Gasteiger partial charge in [0.15, 0.2) is 0 Å². The Morgan fingerprint density at radius 3 is 2.82 bits per heavy atom. The molecule has 0 amide bonds. The minimum Gasteiger partial charge on any atom is -0.286 e. The molecule has 1 aromatic carbocycles. The molecule has 9 heteroatoms. The van der Waals surface area contributed by atoms with Gasteiger partial charge >= 0.3 is 0 Å². The maximum absolute atomic E-state index is 11.7. The largest absolute Gasteiger partial charge is 0.286 e. The van der Waals surface area contributed by atoms with E-state index in [2.05, 4.69) is 29.4 Å².